The van der Waals surface area contributed by atoms with Crippen LogP contribution in [0.3, 0.4) is 0 Å². The molecule has 0 bridgehead atoms. The lowest BCUT2D eigenvalue weighted by atomic mass is 10.1. The van der Waals surface area contributed by atoms with Crippen LogP contribution in [0.15, 0.2) is 42.5 Å². The maximum absolute atomic E-state index is 3.14. The molecular formula is C17H22N2. The summed E-state index contributed by atoms with van der Waals surface area (Å²) in [6.45, 7) is 5.25. The van der Waals surface area contributed by atoms with Gasteiger partial charge >= 0.3 is 0 Å². The minimum atomic E-state index is 0.937. The van der Waals surface area contributed by atoms with Crippen molar-refractivity contribution in [2.75, 3.05) is 24.3 Å². The van der Waals surface area contributed by atoms with E-state index in [1.807, 2.05) is 7.05 Å². The predicted molar refractivity (Wildman–Crippen MR) is 84.0 cm³/mol. The summed E-state index contributed by atoms with van der Waals surface area (Å²) in [5, 5.41) is 3.14. The Kier molecular flexibility index (Phi) is 4.10. The van der Waals surface area contributed by atoms with Gasteiger partial charge in [-0.05, 0) is 49.2 Å². The topological polar surface area (TPSA) is 15.3 Å². The largest absolute Gasteiger partial charge is 0.388 e. The van der Waals surface area contributed by atoms with Gasteiger partial charge in [-0.15, -0.1) is 0 Å². The van der Waals surface area contributed by atoms with Gasteiger partial charge in [0.2, 0.25) is 0 Å². The number of nitrogens with one attached hydrogen (secondary N) is 1. The Bertz CT molecular complexity index is 544. The van der Waals surface area contributed by atoms with E-state index in [9.17, 15) is 0 Å². The van der Waals surface area contributed by atoms with Gasteiger partial charge in [-0.3, -0.25) is 0 Å². The number of nitrogens with zero attached hydrogens (tertiary/aromatic N) is 1. The molecule has 0 aliphatic rings. The molecule has 0 radical (unpaired) electrons. The summed E-state index contributed by atoms with van der Waals surface area (Å²) in [6.07, 6.45) is 0. The zero-order valence-corrected chi connectivity index (χ0v) is 12.2. The van der Waals surface area contributed by atoms with Crippen LogP contribution in [-0.4, -0.2) is 14.1 Å². The van der Waals surface area contributed by atoms with E-state index in [0.717, 1.165) is 12.2 Å². The van der Waals surface area contributed by atoms with Crippen molar-refractivity contribution in [2.24, 2.45) is 0 Å². The molecule has 0 amide bonds. The molecule has 1 N–H and O–H groups in total. The van der Waals surface area contributed by atoms with Crippen molar-refractivity contribution in [3.05, 3.63) is 59.2 Å². The molecule has 19 heavy (non-hydrogen) atoms. The normalized spacial score (nSPS) is 10.3. The Hall–Kier alpha value is -1.96. The van der Waals surface area contributed by atoms with Gasteiger partial charge in [-0.25, -0.2) is 0 Å². The van der Waals surface area contributed by atoms with Crippen LogP contribution >= 0.6 is 0 Å². The fourth-order valence-corrected chi connectivity index (χ4v) is 2.20. The number of aryl methyl sites for hydroxylation is 2. The maximum Gasteiger partial charge on any atom is 0.0428 e. The lowest BCUT2D eigenvalue weighted by Crippen LogP contribution is -2.17. The quantitative estimate of drug-likeness (QED) is 0.887. The average molecular weight is 254 g/mol. The van der Waals surface area contributed by atoms with E-state index in [4.69, 9.17) is 0 Å². The Morgan fingerprint density at radius 2 is 1.68 bits per heavy atom. The van der Waals surface area contributed by atoms with Crippen molar-refractivity contribution in [1.82, 2.24) is 0 Å². The van der Waals surface area contributed by atoms with Gasteiger partial charge in [0.05, 0.1) is 0 Å². The second kappa shape index (κ2) is 5.79. The monoisotopic (exact) mass is 254 g/mol. The van der Waals surface area contributed by atoms with Crippen molar-refractivity contribution in [3.63, 3.8) is 0 Å². The van der Waals surface area contributed by atoms with Gasteiger partial charge in [0.25, 0.3) is 0 Å². The van der Waals surface area contributed by atoms with Crippen molar-refractivity contribution in [2.45, 2.75) is 20.4 Å². The average Bonchev–Trinajstić information content (AvgIpc) is 2.43. The standard InChI is InChI=1S/C17H22N2/c1-13-5-6-14(2)15(11-13)12-19(4)17-9-7-16(18-3)8-10-17/h5-11,18H,12H2,1-4H3. The zero-order valence-electron chi connectivity index (χ0n) is 12.2. The van der Waals surface area contributed by atoms with E-state index in [-0.39, 0.29) is 0 Å². The summed E-state index contributed by atoms with van der Waals surface area (Å²) >= 11 is 0. The van der Waals surface area contributed by atoms with E-state index in [1.165, 1.54) is 22.4 Å². The van der Waals surface area contributed by atoms with E-state index < -0.39 is 0 Å². The van der Waals surface area contributed by atoms with Crippen molar-refractivity contribution in [1.29, 1.82) is 0 Å². The molecule has 0 saturated heterocycles. The third-order valence-corrected chi connectivity index (χ3v) is 3.51. The lowest BCUT2D eigenvalue weighted by molar-refractivity contribution is 0.912. The van der Waals surface area contributed by atoms with Gasteiger partial charge < -0.3 is 10.2 Å². The zero-order chi connectivity index (χ0) is 13.8. The van der Waals surface area contributed by atoms with Crippen LogP contribution in [0.25, 0.3) is 0 Å². The van der Waals surface area contributed by atoms with Crippen LogP contribution < -0.4 is 10.2 Å². The molecule has 2 aromatic carbocycles. The fraction of sp³-hybridized carbons (Fsp3) is 0.294. The number of rotatable bonds is 4. The van der Waals surface area contributed by atoms with Crippen LogP contribution in [0.4, 0.5) is 11.4 Å². The molecule has 0 aliphatic carbocycles. The Morgan fingerprint density at radius 1 is 1.00 bits per heavy atom. The lowest BCUT2D eigenvalue weighted by Gasteiger charge is -2.21. The van der Waals surface area contributed by atoms with Crippen molar-refractivity contribution >= 4 is 11.4 Å². The summed E-state index contributed by atoms with van der Waals surface area (Å²) in [6, 6.07) is 15.1. The summed E-state index contributed by atoms with van der Waals surface area (Å²) in [5.41, 5.74) is 6.44. The molecule has 0 atom stereocenters. The highest BCUT2D eigenvalue weighted by Crippen LogP contribution is 2.20. The minimum Gasteiger partial charge on any atom is -0.388 e. The second-order valence-corrected chi connectivity index (χ2v) is 5.08. The summed E-state index contributed by atoms with van der Waals surface area (Å²) < 4.78 is 0. The molecule has 100 valence electrons. The first kappa shape index (κ1) is 13.5. The van der Waals surface area contributed by atoms with Crippen molar-refractivity contribution < 1.29 is 0 Å². The molecular weight excluding hydrogens is 232 g/mol. The fourth-order valence-electron chi connectivity index (χ4n) is 2.20. The van der Waals surface area contributed by atoms with Crippen LogP contribution in [-0.2, 0) is 6.54 Å². The van der Waals surface area contributed by atoms with Crippen LogP contribution in [0, 0.1) is 13.8 Å². The van der Waals surface area contributed by atoms with Crippen LogP contribution in [0.5, 0.6) is 0 Å². The SMILES string of the molecule is CNc1ccc(N(C)Cc2cc(C)ccc2C)cc1. The Labute approximate surface area is 116 Å². The van der Waals surface area contributed by atoms with Gasteiger partial charge in [0.15, 0.2) is 0 Å². The molecule has 2 rings (SSSR count). The minimum absolute atomic E-state index is 0.937. The number of hydrogen-bond donors (Lipinski definition) is 1. The highest BCUT2D eigenvalue weighted by molar-refractivity contribution is 5.54. The molecule has 0 fully saturated rings. The third kappa shape index (κ3) is 3.28. The second-order valence-electron chi connectivity index (χ2n) is 5.08. The molecule has 0 spiro atoms. The first-order valence-corrected chi connectivity index (χ1v) is 6.65. The molecule has 0 saturated carbocycles. The smallest absolute Gasteiger partial charge is 0.0428 e. The van der Waals surface area contributed by atoms with Crippen LogP contribution in [0.2, 0.25) is 0 Å². The first-order chi connectivity index (χ1) is 9.10. The number of hydrogen-bond acceptors (Lipinski definition) is 2. The Balaban J connectivity index is 2.15. The maximum atomic E-state index is 3.14. The van der Waals surface area contributed by atoms with Crippen LogP contribution in [0.1, 0.15) is 16.7 Å². The highest BCUT2D eigenvalue weighted by Gasteiger charge is 2.05. The van der Waals surface area contributed by atoms with Gasteiger partial charge in [0.1, 0.15) is 0 Å². The van der Waals surface area contributed by atoms with E-state index >= 15 is 0 Å². The summed E-state index contributed by atoms with van der Waals surface area (Å²) in [7, 11) is 4.07. The van der Waals surface area contributed by atoms with Gasteiger partial charge in [0, 0.05) is 32.0 Å². The summed E-state index contributed by atoms with van der Waals surface area (Å²) in [5.74, 6) is 0. The molecule has 2 nitrogen and oxygen atoms in total. The number of anilines is 2. The number of benzene rings is 2. The summed E-state index contributed by atoms with van der Waals surface area (Å²) in [4.78, 5) is 2.28. The predicted octanol–water partition coefficient (Wildman–Crippen LogP) is 3.98. The molecule has 0 unspecified atom stereocenters. The Morgan fingerprint density at radius 3 is 2.32 bits per heavy atom. The van der Waals surface area contributed by atoms with E-state index in [1.54, 1.807) is 0 Å². The molecule has 0 aromatic heterocycles. The van der Waals surface area contributed by atoms with E-state index in [0.29, 0.717) is 0 Å². The molecule has 0 aliphatic heterocycles. The van der Waals surface area contributed by atoms with Gasteiger partial charge in [-0.2, -0.15) is 0 Å². The molecule has 2 aromatic rings. The third-order valence-electron chi connectivity index (χ3n) is 3.51. The molecule has 0 heterocycles. The highest BCUT2D eigenvalue weighted by atomic mass is 15.1. The molecule has 2 heteroatoms. The van der Waals surface area contributed by atoms with Gasteiger partial charge in [-0.1, -0.05) is 23.8 Å². The first-order valence-electron chi connectivity index (χ1n) is 6.65. The van der Waals surface area contributed by atoms with Crippen molar-refractivity contribution in [3.8, 4) is 0 Å². The van der Waals surface area contributed by atoms with E-state index in [2.05, 4.69) is 73.6 Å².